The van der Waals surface area contributed by atoms with Gasteiger partial charge in [-0.3, -0.25) is 9.78 Å². The number of pyridine rings is 1. The highest BCUT2D eigenvalue weighted by Gasteiger charge is 2.25. The van der Waals surface area contributed by atoms with Gasteiger partial charge in [0, 0.05) is 25.7 Å². The van der Waals surface area contributed by atoms with E-state index in [9.17, 15) is 9.59 Å². The molecule has 6 nitrogen and oxygen atoms in total. The number of hydrogen-bond acceptors (Lipinski definition) is 3. The molecule has 1 aromatic heterocycles. The Hall–Kier alpha value is -2.11. The largest absolute Gasteiger partial charge is 0.481 e. The van der Waals surface area contributed by atoms with Crippen LogP contribution in [0.3, 0.4) is 0 Å². The van der Waals surface area contributed by atoms with Gasteiger partial charge in [0.25, 0.3) is 0 Å². The molecule has 2 heterocycles. The molecule has 1 saturated heterocycles. The molecule has 6 heteroatoms. The lowest BCUT2D eigenvalue weighted by atomic mass is 10.0. The highest BCUT2D eigenvalue weighted by atomic mass is 16.4. The van der Waals surface area contributed by atoms with Crippen molar-refractivity contribution in [1.29, 1.82) is 0 Å². The quantitative estimate of drug-likeness (QED) is 0.833. The van der Waals surface area contributed by atoms with Crippen LogP contribution in [0.1, 0.15) is 18.5 Å². The van der Waals surface area contributed by atoms with Gasteiger partial charge >= 0.3 is 12.0 Å². The van der Waals surface area contributed by atoms with Crippen LogP contribution in [0.4, 0.5) is 4.79 Å². The van der Waals surface area contributed by atoms with Gasteiger partial charge in [0.1, 0.15) is 0 Å². The minimum absolute atomic E-state index is 0.114. The number of carboxylic acid groups (broad SMARTS) is 1. The van der Waals surface area contributed by atoms with Crippen LogP contribution >= 0.6 is 0 Å². The van der Waals surface area contributed by atoms with Gasteiger partial charge in [0.2, 0.25) is 0 Å². The van der Waals surface area contributed by atoms with Crippen LogP contribution in [0.2, 0.25) is 0 Å². The number of aromatic nitrogens is 1. The zero-order chi connectivity index (χ0) is 13.7. The summed E-state index contributed by atoms with van der Waals surface area (Å²) in [6.07, 6.45) is 2.41. The number of carbonyl (C=O) groups excluding carboxylic acids is 1. The molecule has 1 aromatic rings. The molecule has 1 atom stereocenters. The number of nitrogens with one attached hydrogen (secondary N) is 1. The highest BCUT2D eigenvalue weighted by molar-refractivity contribution is 5.75. The lowest BCUT2D eigenvalue weighted by molar-refractivity contribution is -0.137. The topological polar surface area (TPSA) is 82.5 Å². The van der Waals surface area contributed by atoms with Crippen LogP contribution in [0.25, 0.3) is 0 Å². The molecule has 0 aliphatic carbocycles. The average molecular weight is 263 g/mol. The normalized spacial score (nSPS) is 19.1. The van der Waals surface area contributed by atoms with Gasteiger partial charge in [-0.05, 0) is 24.5 Å². The summed E-state index contributed by atoms with van der Waals surface area (Å²) in [6.45, 7) is 1.58. The maximum Gasteiger partial charge on any atom is 0.317 e. The monoisotopic (exact) mass is 263 g/mol. The molecule has 1 aliphatic rings. The number of nitrogens with zero attached hydrogens (tertiary/aromatic N) is 2. The number of carboxylic acids is 1. The van der Waals surface area contributed by atoms with Crippen molar-refractivity contribution in [2.75, 3.05) is 13.1 Å². The summed E-state index contributed by atoms with van der Waals surface area (Å²) < 4.78 is 0. The van der Waals surface area contributed by atoms with Crippen LogP contribution in [0, 0.1) is 5.92 Å². The van der Waals surface area contributed by atoms with Gasteiger partial charge in [0.05, 0.1) is 12.2 Å². The van der Waals surface area contributed by atoms with Gasteiger partial charge < -0.3 is 15.3 Å². The molecule has 0 spiro atoms. The van der Waals surface area contributed by atoms with Crippen LogP contribution < -0.4 is 5.32 Å². The number of hydrogen-bond donors (Lipinski definition) is 2. The van der Waals surface area contributed by atoms with Crippen molar-refractivity contribution < 1.29 is 14.7 Å². The summed E-state index contributed by atoms with van der Waals surface area (Å²) in [5.74, 6) is -0.620. The van der Waals surface area contributed by atoms with E-state index in [1.165, 1.54) is 0 Å². The Kier molecular flexibility index (Phi) is 4.33. The van der Waals surface area contributed by atoms with Crippen molar-refractivity contribution in [3.63, 3.8) is 0 Å². The van der Waals surface area contributed by atoms with Crippen LogP contribution in [-0.4, -0.2) is 40.1 Å². The fourth-order valence-electron chi connectivity index (χ4n) is 2.15. The summed E-state index contributed by atoms with van der Waals surface area (Å²) >= 11 is 0. The molecule has 0 bridgehead atoms. The summed E-state index contributed by atoms with van der Waals surface area (Å²) in [4.78, 5) is 28.2. The molecule has 19 heavy (non-hydrogen) atoms. The molecule has 0 radical (unpaired) electrons. The predicted molar refractivity (Wildman–Crippen MR) is 68.4 cm³/mol. The summed E-state index contributed by atoms with van der Waals surface area (Å²) in [5, 5.41) is 11.5. The molecular formula is C13H17N3O3. The minimum Gasteiger partial charge on any atom is -0.481 e. The summed E-state index contributed by atoms with van der Waals surface area (Å²) in [5.41, 5.74) is 0.830. The second-order valence-electron chi connectivity index (χ2n) is 4.69. The zero-order valence-corrected chi connectivity index (χ0v) is 10.6. The van der Waals surface area contributed by atoms with E-state index in [0.29, 0.717) is 26.1 Å². The number of amides is 2. The van der Waals surface area contributed by atoms with Gasteiger partial charge in [-0.25, -0.2) is 4.79 Å². The number of rotatable bonds is 5. The predicted octanol–water partition coefficient (Wildman–Crippen LogP) is 1.09. The SMILES string of the molecule is O=C(O)CCC1CNC(=O)N(Cc2ccccn2)C1. The molecular weight excluding hydrogens is 246 g/mol. The number of aliphatic carboxylic acids is 1. The Morgan fingerprint density at radius 1 is 1.53 bits per heavy atom. The lowest BCUT2D eigenvalue weighted by Crippen LogP contribution is -2.50. The van der Waals surface area contributed by atoms with Crippen molar-refractivity contribution >= 4 is 12.0 Å². The van der Waals surface area contributed by atoms with E-state index in [2.05, 4.69) is 10.3 Å². The first-order valence-electron chi connectivity index (χ1n) is 6.29. The van der Waals surface area contributed by atoms with Gasteiger partial charge in [0.15, 0.2) is 0 Å². The molecule has 2 rings (SSSR count). The Labute approximate surface area is 111 Å². The smallest absolute Gasteiger partial charge is 0.317 e. The van der Waals surface area contributed by atoms with E-state index in [1.807, 2.05) is 18.2 Å². The van der Waals surface area contributed by atoms with Gasteiger partial charge in [-0.2, -0.15) is 0 Å². The number of urea groups is 1. The average Bonchev–Trinajstić information content (AvgIpc) is 2.41. The van der Waals surface area contributed by atoms with Crippen molar-refractivity contribution in [2.24, 2.45) is 5.92 Å². The lowest BCUT2D eigenvalue weighted by Gasteiger charge is -2.33. The van der Waals surface area contributed by atoms with Gasteiger partial charge in [-0.1, -0.05) is 6.07 Å². The molecule has 1 fully saturated rings. The maximum atomic E-state index is 11.8. The van der Waals surface area contributed by atoms with Crippen LogP contribution in [0.15, 0.2) is 24.4 Å². The third-order valence-corrected chi connectivity index (χ3v) is 3.15. The first kappa shape index (κ1) is 13.3. The van der Waals surface area contributed by atoms with E-state index in [4.69, 9.17) is 5.11 Å². The Morgan fingerprint density at radius 3 is 3.05 bits per heavy atom. The molecule has 2 amide bonds. The number of carbonyl (C=O) groups is 2. The van der Waals surface area contributed by atoms with E-state index in [-0.39, 0.29) is 18.4 Å². The zero-order valence-electron chi connectivity index (χ0n) is 10.6. The summed E-state index contributed by atoms with van der Waals surface area (Å²) in [7, 11) is 0. The Balaban J connectivity index is 1.91. The van der Waals surface area contributed by atoms with E-state index >= 15 is 0 Å². The molecule has 0 saturated carbocycles. The van der Waals surface area contributed by atoms with Crippen molar-refractivity contribution in [3.8, 4) is 0 Å². The molecule has 1 unspecified atom stereocenters. The van der Waals surface area contributed by atoms with E-state index in [0.717, 1.165) is 5.69 Å². The van der Waals surface area contributed by atoms with E-state index < -0.39 is 5.97 Å². The fourth-order valence-corrected chi connectivity index (χ4v) is 2.15. The third-order valence-electron chi connectivity index (χ3n) is 3.15. The standard InChI is InChI=1S/C13H17N3O3/c17-12(18)5-4-10-7-15-13(19)16(8-10)9-11-3-1-2-6-14-11/h1-3,6,10H,4-5,7-9H2,(H,15,19)(H,17,18). The second-order valence-corrected chi connectivity index (χ2v) is 4.69. The highest BCUT2D eigenvalue weighted by Crippen LogP contribution is 2.14. The Bertz CT molecular complexity index is 450. The second kappa shape index (κ2) is 6.17. The first-order chi connectivity index (χ1) is 9.15. The van der Waals surface area contributed by atoms with Crippen molar-refractivity contribution in [2.45, 2.75) is 19.4 Å². The van der Waals surface area contributed by atoms with Crippen LogP contribution in [0.5, 0.6) is 0 Å². The first-order valence-corrected chi connectivity index (χ1v) is 6.29. The van der Waals surface area contributed by atoms with E-state index in [1.54, 1.807) is 11.1 Å². The van der Waals surface area contributed by atoms with Crippen LogP contribution in [-0.2, 0) is 11.3 Å². The Morgan fingerprint density at radius 2 is 2.37 bits per heavy atom. The third kappa shape index (κ3) is 3.94. The minimum atomic E-state index is -0.798. The maximum absolute atomic E-state index is 11.8. The fraction of sp³-hybridized carbons (Fsp3) is 0.462. The van der Waals surface area contributed by atoms with Gasteiger partial charge in [-0.15, -0.1) is 0 Å². The summed E-state index contributed by atoms with van der Waals surface area (Å²) in [6, 6.07) is 5.47. The van der Waals surface area contributed by atoms with Crippen molar-refractivity contribution in [1.82, 2.24) is 15.2 Å². The molecule has 2 N–H and O–H groups in total. The molecule has 102 valence electrons. The van der Waals surface area contributed by atoms with Crippen molar-refractivity contribution in [3.05, 3.63) is 30.1 Å². The molecule has 1 aliphatic heterocycles. The molecule has 0 aromatic carbocycles.